The lowest BCUT2D eigenvalue weighted by Gasteiger charge is -2.61. The van der Waals surface area contributed by atoms with E-state index in [-0.39, 0.29) is 11.5 Å². The van der Waals surface area contributed by atoms with Gasteiger partial charge in [-0.15, -0.1) is 0 Å². The zero-order chi connectivity index (χ0) is 20.3. The summed E-state index contributed by atoms with van der Waals surface area (Å²) in [4.78, 5) is 0. The number of rotatable bonds is 2. The molecule has 0 unspecified atom stereocenters. The first-order valence-electron chi connectivity index (χ1n) is 12.0. The van der Waals surface area contributed by atoms with Crippen LogP contribution in [-0.4, -0.2) is 21.9 Å². The van der Waals surface area contributed by atoms with Crippen molar-refractivity contribution in [3.8, 4) is 0 Å². The monoisotopic (exact) mass is 394 g/mol. The first-order chi connectivity index (χ1) is 13.9. The van der Waals surface area contributed by atoms with Crippen molar-refractivity contribution in [3.63, 3.8) is 0 Å². The molecule has 2 heteroatoms. The summed E-state index contributed by atoms with van der Waals surface area (Å²) in [5.74, 6) is 2.88. The van der Waals surface area contributed by atoms with Crippen LogP contribution in [0.4, 0.5) is 0 Å². The third-order valence-corrected chi connectivity index (χ3v) is 10.2. The Hall–Kier alpha value is -1.12. The Morgan fingerprint density at radius 1 is 0.897 bits per heavy atom. The van der Waals surface area contributed by atoms with E-state index in [4.69, 9.17) is 0 Å². The molecule has 0 saturated heterocycles. The molecule has 1 aromatic carbocycles. The van der Waals surface area contributed by atoms with Crippen molar-refractivity contribution < 1.29 is 10.2 Å². The van der Waals surface area contributed by atoms with Crippen molar-refractivity contribution in [2.75, 3.05) is 0 Å². The fraction of sp³-hybridized carbons (Fsp3) is 0.704. The van der Waals surface area contributed by atoms with Crippen LogP contribution < -0.4 is 0 Å². The van der Waals surface area contributed by atoms with Crippen molar-refractivity contribution in [3.05, 3.63) is 42.0 Å². The third-order valence-electron chi connectivity index (χ3n) is 10.2. The maximum Gasteiger partial charge on any atom is 0.0887 e. The van der Waals surface area contributed by atoms with Gasteiger partial charge in [-0.2, -0.15) is 0 Å². The van der Waals surface area contributed by atoms with E-state index in [0.717, 1.165) is 43.9 Å². The van der Waals surface area contributed by atoms with Crippen LogP contribution in [0.25, 0.3) is 6.08 Å². The second kappa shape index (κ2) is 6.95. The largest absolute Gasteiger partial charge is 0.393 e. The van der Waals surface area contributed by atoms with E-state index >= 15 is 0 Å². The quantitative estimate of drug-likeness (QED) is 0.662. The molecule has 5 rings (SSSR count). The Labute approximate surface area is 176 Å². The standard InChI is InChI=1S/C27H38O2/c1-25-14-11-21(28)18-20(25)8-9-22-23(25)12-15-26(2)24(22)13-17-27(26,29)16-10-19-6-4-3-5-7-19/h3-7,10,16,20-24,28-29H,8-9,11-15,17-18H2,1-2H3/t20-,21-,22-,23-,24+,25-,26-,27-/m0/s1. The average Bonchev–Trinajstić information content (AvgIpc) is 2.99. The molecule has 0 radical (unpaired) electrons. The van der Waals surface area contributed by atoms with Crippen LogP contribution in [0.1, 0.15) is 77.2 Å². The minimum atomic E-state index is -0.682. The topological polar surface area (TPSA) is 40.5 Å². The first-order valence-corrected chi connectivity index (χ1v) is 12.0. The molecule has 8 atom stereocenters. The van der Waals surface area contributed by atoms with Crippen molar-refractivity contribution in [2.24, 2.45) is 34.5 Å². The average molecular weight is 395 g/mol. The van der Waals surface area contributed by atoms with Crippen LogP contribution in [0.2, 0.25) is 0 Å². The second-order valence-corrected chi connectivity index (χ2v) is 11.2. The van der Waals surface area contributed by atoms with Gasteiger partial charge in [0.1, 0.15) is 0 Å². The van der Waals surface area contributed by atoms with E-state index < -0.39 is 5.60 Å². The third kappa shape index (κ3) is 2.97. The molecule has 2 N–H and O–H groups in total. The second-order valence-electron chi connectivity index (χ2n) is 11.2. The number of fused-ring (bicyclic) bond motifs is 5. The highest BCUT2D eigenvalue weighted by Gasteiger charge is 2.63. The molecule has 29 heavy (non-hydrogen) atoms. The van der Waals surface area contributed by atoms with Gasteiger partial charge in [0, 0.05) is 5.41 Å². The van der Waals surface area contributed by atoms with E-state index in [0.29, 0.717) is 17.3 Å². The summed E-state index contributed by atoms with van der Waals surface area (Å²) in [5.41, 5.74) is 0.898. The van der Waals surface area contributed by atoms with Crippen LogP contribution in [0, 0.1) is 34.5 Å². The minimum Gasteiger partial charge on any atom is -0.393 e. The van der Waals surface area contributed by atoms with Gasteiger partial charge in [0.05, 0.1) is 11.7 Å². The van der Waals surface area contributed by atoms with E-state index in [1.807, 2.05) is 6.07 Å². The number of aliphatic hydroxyl groups excluding tert-OH is 1. The molecule has 0 amide bonds. The van der Waals surface area contributed by atoms with Gasteiger partial charge >= 0.3 is 0 Å². The Balaban J connectivity index is 1.40. The van der Waals surface area contributed by atoms with Gasteiger partial charge in [-0.1, -0.05) is 56.3 Å². The minimum absolute atomic E-state index is 0.00315. The zero-order valence-electron chi connectivity index (χ0n) is 18.2. The molecule has 0 heterocycles. The predicted molar refractivity (Wildman–Crippen MR) is 118 cm³/mol. The molecule has 4 aliphatic carbocycles. The molecule has 0 aromatic heterocycles. The number of aliphatic hydroxyl groups is 2. The van der Waals surface area contributed by atoms with Gasteiger partial charge in [0.15, 0.2) is 0 Å². The summed E-state index contributed by atoms with van der Waals surface area (Å²) in [5, 5.41) is 22.0. The van der Waals surface area contributed by atoms with Crippen LogP contribution in [0.15, 0.2) is 36.4 Å². The lowest BCUT2D eigenvalue weighted by molar-refractivity contribution is -0.146. The lowest BCUT2D eigenvalue weighted by Crippen LogP contribution is -2.56. The number of hydrogen-bond acceptors (Lipinski definition) is 2. The molecule has 2 nitrogen and oxygen atoms in total. The zero-order valence-corrected chi connectivity index (χ0v) is 18.2. The van der Waals surface area contributed by atoms with E-state index in [9.17, 15) is 10.2 Å². The van der Waals surface area contributed by atoms with Crippen LogP contribution in [-0.2, 0) is 0 Å². The highest BCUT2D eigenvalue weighted by Crippen LogP contribution is 2.68. The Morgan fingerprint density at radius 3 is 2.45 bits per heavy atom. The Morgan fingerprint density at radius 2 is 1.66 bits per heavy atom. The van der Waals surface area contributed by atoms with E-state index in [2.05, 4.69) is 50.3 Å². The summed E-state index contributed by atoms with van der Waals surface area (Å²) < 4.78 is 0. The van der Waals surface area contributed by atoms with Gasteiger partial charge in [-0.3, -0.25) is 0 Å². The Bertz CT molecular complexity index is 772. The number of benzene rings is 1. The smallest absolute Gasteiger partial charge is 0.0887 e. The van der Waals surface area contributed by atoms with Gasteiger partial charge in [-0.25, -0.2) is 0 Å². The summed E-state index contributed by atoms with van der Waals surface area (Å²) in [6.07, 6.45) is 14.4. The highest BCUT2D eigenvalue weighted by atomic mass is 16.3. The van der Waals surface area contributed by atoms with Crippen molar-refractivity contribution in [1.29, 1.82) is 0 Å². The molecule has 158 valence electrons. The summed E-state index contributed by atoms with van der Waals surface area (Å²) in [6.45, 7) is 4.93. The molecule has 4 aliphatic rings. The Kier molecular flexibility index (Phi) is 4.75. The summed E-state index contributed by atoms with van der Waals surface area (Å²) in [6, 6.07) is 10.4. The van der Waals surface area contributed by atoms with Gasteiger partial charge in [0.2, 0.25) is 0 Å². The van der Waals surface area contributed by atoms with Crippen LogP contribution in [0.3, 0.4) is 0 Å². The van der Waals surface area contributed by atoms with Crippen LogP contribution in [0.5, 0.6) is 0 Å². The van der Waals surface area contributed by atoms with Crippen molar-refractivity contribution in [1.82, 2.24) is 0 Å². The fourth-order valence-electron chi connectivity index (χ4n) is 8.36. The molecule has 4 saturated carbocycles. The molecule has 1 aromatic rings. The maximum absolute atomic E-state index is 11.8. The molecular weight excluding hydrogens is 356 g/mol. The molecule has 0 aliphatic heterocycles. The van der Waals surface area contributed by atoms with E-state index in [1.54, 1.807) is 0 Å². The maximum atomic E-state index is 11.8. The molecule has 0 bridgehead atoms. The fourth-order valence-corrected chi connectivity index (χ4v) is 8.36. The summed E-state index contributed by atoms with van der Waals surface area (Å²) >= 11 is 0. The van der Waals surface area contributed by atoms with E-state index in [1.165, 1.54) is 31.2 Å². The molecular formula is C27H38O2. The van der Waals surface area contributed by atoms with Gasteiger partial charge in [0.25, 0.3) is 0 Å². The van der Waals surface area contributed by atoms with Gasteiger partial charge < -0.3 is 10.2 Å². The van der Waals surface area contributed by atoms with Crippen molar-refractivity contribution in [2.45, 2.75) is 83.3 Å². The molecule has 4 fully saturated rings. The highest BCUT2D eigenvalue weighted by molar-refractivity contribution is 5.51. The van der Waals surface area contributed by atoms with Crippen LogP contribution >= 0.6 is 0 Å². The summed E-state index contributed by atoms with van der Waals surface area (Å²) in [7, 11) is 0. The lowest BCUT2D eigenvalue weighted by atomic mass is 9.44. The SMILES string of the molecule is C[C@]12CC[C@H](O)C[C@@H]1CC[C@@H]1[C@H]3CC[C@@](O)(C=Cc4ccccc4)[C@@]3(C)CC[C@@H]12. The number of hydrogen-bond donors (Lipinski definition) is 2. The normalized spacial score (nSPS) is 49.4. The van der Waals surface area contributed by atoms with Crippen molar-refractivity contribution >= 4 is 6.08 Å². The molecule has 0 spiro atoms. The first kappa shape index (κ1) is 19.8. The van der Waals surface area contributed by atoms with Gasteiger partial charge in [-0.05, 0) is 92.4 Å². The predicted octanol–water partition coefficient (Wildman–Crippen LogP) is 5.83.